The highest BCUT2D eigenvalue weighted by molar-refractivity contribution is 7.29. The van der Waals surface area contributed by atoms with Crippen molar-refractivity contribution in [2.24, 2.45) is 0 Å². The Morgan fingerprint density at radius 2 is 1.29 bits per heavy atom. The molecule has 3 aliphatic heterocycles. The molecule has 0 amide bonds. The topological polar surface area (TPSA) is 6.48 Å². The Morgan fingerprint density at radius 3 is 2.00 bits per heavy atom. The fourth-order valence-electron chi connectivity index (χ4n) is 12.6. The van der Waals surface area contributed by atoms with E-state index in [1.165, 1.54) is 103 Å². The van der Waals surface area contributed by atoms with Crippen LogP contribution in [0.5, 0.6) is 0 Å². The second-order valence-electron chi connectivity index (χ2n) is 22.5. The maximum absolute atomic E-state index is 2.84. The fraction of sp³-hybridized carbons (Fsp3) is 0.444. The van der Waals surface area contributed by atoms with E-state index in [2.05, 4.69) is 172 Å². The molecule has 0 saturated heterocycles. The number of hydrogen-bond acceptors (Lipinski definition) is 3. The van der Waals surface area contributed by atoms with E-state index in [-0.39, 0.29) is 33.8 Å². The lowest BCUT2D eigenvalue weighted by atomic mass is 9.35. The van der Waals surface area contributed by atoms with Crippen LogP contribution in [0.2, 0.25) is 0 Å². The second-order valence-corrected chi connectivity index (χ2v) is 23.6. The van der Waals surface area contributed by atoms with Gasteiger partial charge in [-0.3, -0.25) is 0 Å². The van der Waals surface area contributed by atoms with Crippen LogP contribution in [-0.2, 0) is 33.5 Å². The maximum Gasteiger partial charge on any atom is 0.264 e. The summed E-state index contributed by atoms with van der Waals surface area (Å²) in [4.78, 5) is 7.07. The molecule has 0 fully saturated rings. The van der Waals surface area contributed by atoms with Crippen LogP contribution >= 0.6 is 11.3 Å². The second kappa shape index (κ2) is 11.4. The summed E-state index contributed by atoms with van der Waals surface area (Å²) in [7, 11) is 0. The van der Waals surface area contributed by atoms with E-state index in [4.69, 9.17) is 0 Å². The van der Waals surface area contributed by atoms with Gasteiger partial charge in [-0.2, -0.15) is 11.3 Å². The normalized spacial score (nSPS) is 22.3. The largest absolute Gasteiger partial charge is 0.311 e. The SMILES string of the molecule is CC1=Cc2c(sc3c2N(c2ccc(C(C)(C)C)cc2)c2cc(C)cc4c2B3c2ccc3c5c2N4c2c(C)cc4c(c2C5(C)CCC3(C)C)C(C)(C)CCC4(C)C)CC1. The zero-order chi connectivity index (χ0) is 40.8. The van der Waals surface area contributed by atoms with Crippen LogP contribution in [0.15, 0.2) is 60.2 Å². The van der Waals surface area contributed by atoms with E-state index in [0.29, 0.717) is 0 Å². The molecule has 0 N–H and O–H groups in total. The third-order valence-electron chi connectivity index (χ3n) is 16.0. The summed E-state index contributed by atoms with van der Waals surface area (Å²) in [5.41, 5.74) is 26.8. The highest BCUT2D eigenvalue weighted by atomic mass is 32.1. The first kappa shape index (κ1) is 37.0. The standard InChI is InChI=1S/C54H61BN2S/c1-30-14-21-41-35(26-30)47-49(58-41)55-38-20-19-36-43-48(38)57(40-28-31(2)27-39(45(40)55)56(47)34-17-15-33(16-18-34)50(4,5)6)46-32(3)29-37-42(53(11,12)23-22-52(37,9)10)44(46)54(43,13)25-24-51(36,7)8/h15-20,26-29H,14,21-25H2,1-13H3. The summed E-state index contributed by atoms with van der Waals surface area (Å²) >= 11 is 2.11. The van der Waals surface area contributed by atoms with E-state index >= 15 is 0 Å². The van der Waals surface area contributed by atoms with Crippen molar-refractivity contribution in [3.8, 4) is 0 Å². The third-order valence-corrected chi connectivity index (χ3v) is 17.3. The van der Waals surface area contributed by atoms with Gasteiger partial charge in [-0.05, 0) is 161 Å². The van der Waals surface area contributed by atoms with Crippen molar-refractivity contribution in [3.05, 3.63) is 115 Å². The molecular formula is C54H61BN2S. The van der Waals surface area contributed by atoms with E-state index in [9.17, 15) is 0 Å². The maximum atomic E-state index is 2.84. The number of rotatable bonds is 1. The molecule has 1 atom stereocenters. The van der Waals surface area contributed by atoms with Crippen molar-refractivity contribution in [1.29, 1.82) is 0 Å². The number of benzene rings is 4. The number of thiophene rings is 1. The smallest absolute Gasteiger partial charge is 0.264 e. The first-order valence-electron chi connectivity index (χ1n) is 22.3. The predicted molar refractivity (Wildman–Crippen MR) is 252 cm³/mol. The van der Waals surface area contributed by atoms with Crippen molar-refractivity contribution in [2.45, 2.75) is 156 Å². The highest BCUT2D eigenvalue weighted by Gasteiger charge is 2.56. The van der Waals surface area contributed by atoms with Crippen LogP contribution in [0.3, 0.4) is 0 Å². The molecular weight excluding hydrogens is 719 g/mol. The van der Waals surface area contributed by atoms with Crippen molar-refractivity contribution in [1.82, 2.24) is 0 Å². The van der Waals surface area contributed by atoms with Crippen molar-refractivity contribution >= 4 is 74.0 Å². The van der Waals surface area contributed by atoms with Gasteiger partial charge in [0.25, 0.3) is 6.71 Å². The molecule has 0 radical (unpaired) electrons. The fourth-order valence-corrected chi connectivity index (χ4v) is 14.0. The molecule has 2 nitrogen and oxygen atoms in total. The number of aryl methyl sites for hydroxylation is 3. The van der Waals surface area contributed by atoms with Gasteiger partial charge in [-0.25, -0.2) is 0 Å². The summed E-state index contributed by atoms with van der Waals surface area (Å²) in [6.07, 6.45) is 9.62. The van der Waals surface area contributed by atoms with Crippen LogP contribution in [0.25, 0.3) is 6.08 Å². The molecule has 3 aliphatic carbocycles. The number of allylic oxidation sites excluding steroid dienone is 1. The summed E-state index contributed by atoms with van der Waals surface area (Å²) < 4.78 is 1.52. The van der Waals surface area contributed by atoms with Crippen LogP contribution < -0.4 is 25.5 Å². The van der Waals surface area contributed by atoms with E-state index < -0.39 is 0 Å². The van der Waals surface area contributed by atoms with Gasteiger partial charge in [0.2, 0.25) is 0 Å². The Bertz CT molecular complexity index is 2690. The van der Waals surface area contributed by atoms with Crippen molar-refractivity contribution < 1.29 is 0 Å². The first-order chi connectivity index (χ1) is 27.2. The van der Waals surface area contributed by atoms with Crippen LogP contribution in [-0.4, -0.2) is 6.71 Å². The van der Waals surface area contributed by atoms with Crippen LogP contribution in [0.4, 0.5) is 34.1 Å². The van der Waals surface area contributed by atoms with E-state index in [0.717, 1.165) is 12.8 Å². The minimum Gasteiger partial charge on any atom is -0.311 e. The molecule has 296 valence electrons. The highest BCUT2D eigenvalue weighted by Crippen LogP contribution is 2.65. The lowest BCUT2D eigenvalue weighted by Crippen LogP contribution is -2.62. The quantitative estimate of drug-likeness (QED) is 0.153. The molecule has 5 aromatic rings. The summed E-state index contributed by atoms with van der Waals surface area (Å²) in [6.45, 7) is 32.1. The summed E-state index contributed by atoms with van der Waals surface area (Å²) in [5.74, 6) is 0. The lowest BCUT2D eigenvalue weighted by Gasteiger charge is -2.57. The van der Waals surface area contributed by atoms with Gasteiger partial charge in [-0.1, -0.05) is 111 Å². The molecule has 11 rings (SSSR count). The van der Waals surface area contributed by atoms with Crippen LogP contribution in [0, 0.1) is 13.8 Å². The molecule has 1 aromatic heterocycles. The average Bonchev–Trinajstić information content (AvgIpc) is 3.52. The minimum atomic E-state index is -0.0835. The molecule has 58 heavy (non-hydrogen) atoms. The zero-order valence-electron chi connectivity index (χ0n) is 37.4. The Hall–Kier alpha value is -4.02. The first-order valence-corrected chi connectivity index (χ1v) is 23.1. The van der Waals surface area contributed by atoms with Crippen molar-refractivity contribution in [2.75, 3.05) is 9.80 Å². The van der Waals surface area contributed by atoms with Gasteiger partial charge in [-0.15, -0.1) is 0 Å². The number of nitrogens with zero attached hydrogens (tertiary/aromatic N) is 2. The van der Waals surface area contributed by atoms with Gasteiger partial charge in [0.15, 0.2) is 0 Å². The lowest BCUT2D eigenvalue weighted by molar-refractivity contribution is 0.311. The third kappa shape index (κ3) is 4.68. The van der Waals surface area contributed by atoms with Crippen molar-refractivity contribution in [3.63, 3.8) is 0 Å². The summed E-state index contributed by atoms with van der Waals surface area (Å²) in [6, 6.07) is 22.5. The average molecular weight is 781 g/mol. The monoisotopic (exact) mass is 780 g/mol. The summed E-state index contributed by atoms with van der Waals surface area (Å²) in [5, 5.41) is 0. The molecule has 4 heteroatoms. The van der Waals surface area contributed by atoms with E-state index in [1.807, 2.05) is 0 Å². The Balaban J connectivity index is 1.29. The molecule has 0 saturated carbocycles. The number of anilines is 6. The molecule has 1 unspecified atom stereocenters. The number of fused-ring (bicyclic) bond motifs is 11. The molecule has 0 spiro atoms. The van der Waals surface area contributed by atoms with Gasteiger partial charge in [0.05, 0.1) is 11.4 Å². The number of hydrogen-bond donors (Lipinski definition) is 0. The molecule has 6 aliphatic rings. The molecule has 0 bridgehead atoms. The molecule has 4 heterocycles. The van der Waals surface area contributed by atoms with Gasteiger partial charge >= 0.3 is 0 Å². The molecule has 4 aromatic carbocycles. The zero-order valence-corrected chi connectivity index (χ0v) is 38.2. The van der Waals surface area contributed by atoms with Crippen LogP contribution in [0.1, 0.15) is 163 Å². The van der Waals surface area contributed by atoms with E-state index in [1.54, 1.807) is 32.7 Å². The van der Waals surface area contributed by atoms with Gasteiger partial charge in [0.1, 0.15) is 0 Å². The Morgan fingerprint density at radius 1 is 0.638 bits per heavy atom. The van der Waals surface area contributed by atoms with Gasteiger partial charge < -0.3 is 9.80 Å². The predicted octanol–water partition coefficient (Wildman–Crippen LogP) is 13.1. The minimum absolute atomic E-state index is 0.0835. The Kier molecular flexibility index (Phi) is 7.29. The Labute approximate surface area is 352 Å². The van der Waals surface area contributed by atoms with Gasteiger partial charge in [0, 0.05) is 43.4 Å².